The number of aromatic nitrogens is 1. The number of para-hydroxylation sites is 1. The zero-order chi connectivity index (χ0) is 14.8. The Balaban J connectivity index is 1.86. The van der Waals surface area contributed by atoms with Crippen molar-refractivity contribution < 1.29 is 4.79 Å². The third-order valence-corrected chi connectivity index (χ3v) is 4.35. The molecule has 110 valence electrons. The molecule has 1 aromatic heterocycles. The minimum atomic E-state index is -0.240. The van der Waals surface area contributed by atoms with Crippen LogP contribution in [0.3, 0.4) is 0 Å². The number of pyridine rings is 1. The molecule has 3 rings (SSSR count). The molecule has 0 spiro atoms. The van der Waals surface area contributed by atoms with Gasteiger partial charge in [-0.05, 0) is 37.7 Å². The molecular formula is C17H20N2O2. The van der Waals surface area contributed by atoms with E-state index in [0.717, 1.165) is 37.0 Å². The van der Waals surface area contributed by atoms with Gasteiger partial charge >= 0.3 is 0 Å². The second-order valence-electron chi connectivity index (χ2n) is 6.02. The summed E-state index contributed by atoms with van der Waals surface area (Å²) in [5.74, 6) is 0.607. The number of amides is 1. The van der Waals surface area contributed by atoms with Crippen LogP contribution in [0, 0.1) is 5.92 Å². The fraction of sp³-hybridized carbons (Fsp3) is 0.412. The van der Waals surface area contributed by atoms with Gasteiger partial charge in [0.15, 0.2) is 0 Å². The summed E-state index contributed by atoms with van der Waals surface area (Å²) in [5.41, 5.74) is 0.927. The number of carbonyl (C=O) groups is 1. The second-order valence-corrected chi connectivity index (χ2v) is 6.02. The number of hydrogen-bond acceptors (Lipinski definition) is 2. The molecular weight excluding hydrogens is 264 g/mol. The quantitative estimate of drug-likeness (QED) is 0.890. The molecule has 0 atom stereocenters. The van der Waals surface area contributed by atoms with Crippen molar-refractivity contribution in [1.82, 2.24) is 10.3 Å². The molecule has 1 saturated carbocycles. The summed E-state index contributed by atoms with van der Waals surface area (Å²) in [6.07, 6.45) is 4.35. The van der Waals surface area contributed by atoms with Crippen molar-refractivity contribution in [2.45, 2.75) is 38.6 Å². The third-order valence-electron chi connectivity index (χ3n) is 4.35. The average molecular weight is 284 g/mol. The van der Waals surface area contributed by atoms with Crippen LogP contribution in [0.5, 0.6) is 0 Å². The highest BCUT2D eigenvalue weighted by Gasteiger charge is 2.21. The van der Waals surface area contributed by atoms with Gasteiger partial charge in [0.1, 0.15) is 0 Å². The number of carbonyl (C=O) groups excluding carboxylic acids is 1. The van der Waals surface area contributed by atoms with Crippen LogP contribution in [0.1, 0.15) is 43.0 Å². The highest BCUT2D eigenvalue weighted by molar-refractivity contribution is 6.06. The van der Waals surface area contributed by atoms with Crippen molar-refractivity contribution in [2.75, 3.05) is 0 Å². The van der Waals surface area contributed by atoms with E-state index in [1.165, 1.54) is 6.07 Å². The number of nitrogens with one attached hydrogen (secondary N) is 2. The van der Waals surface area contributed by atoms with Crippen LogP contribution in [0.2, 0.25) is 0 Å². The van der Waals surface area contributed by atoms with Crippen LogP contribution in [-0.4, -0.2) is 16.9 Å². The number of benzene rings is 1. The Morgan fingerprint density at radius 1 is 1.19 bits per heavy atom. The molecule has 21 heavy (non-hydrogen) atoms. The molecule has 1 aromatic carbocycles. The van der Waals surface area contributed by atoms with Gasteiger partial charge in [0.05, 0.1) is 5.56 Å². The maximum Gasteiger partial charge on any atom is 0.252 e. The Bertz CT molecular complexity index is 712. The van der Waals surface area contributed by atoms with Gasteiger partial charge in [0.25, 0.3) is 5.91 Å². The van der Waals surface area contributed by atoms with Gasteiger partial charge in [-0.3, -0.25) is 9.59 Å². The number of aromatic amines is 1. The molecule has 4 nitrogen and oxygen atoms in total. The fourth-order valence-corrected chi connectivity index (χ4v) is 3.06. The molecule has 1 aliphatic rings. The van der Waals surface area contributed by atoms with E-state index in [9.17, 15) is 9.59 Å². The lowest BCUT2D eigenvalue weighted by atomic mass is 9.87. The molecule has 0 radical (unpaired) electrons. The van der Waals surface area contributed by atoms with Crippen molar-refractivity contribution >= 4 is 16.8 Å². The van der Waals surface area contributed by atoms with Crippen molar-refractivity contribution in [3.8, 4) is 0 Å². The van der Waals surface area contributed by atoms with Crippen LogP contribution in [0.15, 0.2) is 35.1 Å². The normalized spacial score (nSPS) is 22.1. The first-order valence-corrected chi connectivity index (χ1v) is 7.56. The monoisotopic (exact) mass is 284 g/mol. The summed E-state index contributed by atoms with van der Waals surface area (Å²) in [5, 5.41) is 3.87. The summed E-state index contributed by atoms with van der Waals surface area (Å²) < 4.78 is 0. The topological polar surface area (TPSA) is 62.0 Å². The van der Waals surface area contributed by atoms with Gasteiger partial charge < -0.3 is 10.3 Å². The van der Waals surface area contributed by atoms with Crippen LogP contribution in [0.4, 0.5) is 0 Å². The Labute approximate surface area is 123 Å². The lowest BCUT2D eigenvalue weighted by molar-refractivity contribution is 0.0924. The summed E-state index contributed by atoms with van der Waals surface area (Å²) >= 11 is 0. The highest BCUT2D eigenvalue weighted by Crippen LogP contribution is 2.24. The molecule has 1 heterocycles. The second kappa shape index (κ2) is 5.72. The van der Waals surface area contributed by atoms with Crippen molar-refractivity contribution in [1.29, 1.82) is 0 Å². The van der Waals surface area contributed by atoms with E-state index in [1.54, 1.807) is 0 Å². The van der Waals surface area contributed by atoms with Gasteiger partial charge in [-0.25, -0.2) is 0 Å². The Morgan fingerprint density at radius 2 is 1.90 bits per heavy atom. The molecule has 2 N–H and O–H groups in total. The molecule has 0 unspecified atom stereocenters. The number of hydrogen-bond donors (Lipinski definition) is 2. The van der Waals surface area contributed by atoms with E-state index in [0.29, 0.717) is 11.1 Å². The van der Waals surface area contributed by atoms with Gasteiger partial charge in [0, 0.05) is 23.0 Å². The minimum absolute atomic E-state index is 0.142. The first kappa shape index (κ1) is 13.9. The van der Waals surface area contributed by atoms with Gasteiger partial charge in [-0.15, -0.1) is 0 Å². The van der Waals surface area contributed by atoms with Crippen molar-refractivity contribution in [2.24, 2.45) is 5.92 Å². The van der Waals surface area contributed by atoms with E-state index in [-0.39, 0.29) is 17.5 Å². The predicted molar refractivity (Wildman–Crippen MR) is 83.5 cm³/mol. The summed E-state index contributed by atoms with van der Waals surface area (Å²) in [6, 6.07) is 9.02. The summed E-state index contributed by atoms with van der Waals surface area (Å²) in [6.45, 7) is 2.25. The van der Waals surface area contributed by atoms with Crippen LogP contribution in [0.25, 0.3) is 10.9 Å². The number of fused-ring (bicyclic) bond motifs is 1. The summed E-state index contributed by atoms with van der Waals surface area (Å²) in [4.78, 5) is 27.0. The molecule has 1 aliphatic carbocycles. The standard InChI is InChI=1S/C17H20N2O2/c1-11-6-8-12(9-7-11)18-17(21)14-10-16(20)19-15-5-3-2-4-13(14)15/h2-5,10-12H,6-9H2,1H3,(H,18,21)(H,19,20). The van der Waals surface area contributed by atoms with E-state index < -0.39 is 0 Å². The highest BCUT2D eigenvalue weighted by atomic mass is 16.2. The number of rotatable bonds is 2. The first-order chi connectivity index (χ1) is 10.1. The molecule has 0 saturated heterocycles. The smallest absolute Gasteiger partial charge is 0.252 e. The Hall–Kier alpha value is -2.10. The predicted octanol–water partition coefficient (Wildman–Crippen LogP) is 2.84. The zero-order valence-corrected chi connectivity index (χ0v) is 12.2. The SMILES string of the molecule is CC1CCC(NC(=O)c2cc(=O)[nH]c3ccccc23)CC1. The third kappa shape index (κ3) is 2.99. The van der Waals surface area contributed by atoms with E-state index in [1.807, 2.05) is 24.3 Å². The largest absolute Gasteiger partial charge is 0.349 e. The van der Waals surface area contributed by atoms with Gasteiger partial charge in [-0.1, -0.05) is 25.1 Å². The lowest BCUT2D eigenvalue weighted by Gasteiger charge is -2.27. The number of H-pyrrole nitrogens is 1. The minimum Gasteiger partial charge on any atom is -0.349 e. The van der Waals surface area contributed by atoms with Crippen LogP contribution < -0.4 is 10.9 Å². The molecule has 0 aliphatic heterocycles. The van der Waals surface area contributed by atoms with E-state index in [2.05, 4.69) is 17.2 Å². The molecule has 2 aromatic rings. The zero-order valence-electron chi connectivity index (χ0n) is 12.2. The van der Waals surface area contributed by atoms with Gasteiger partial charge in [0.2, 0.25) is 5.56 Å². The lowest BCUT2D eigenvalue weighted by Crippen LogP contribution is -2.37. The van der Waals surface area contributed by atoms with Crippen LogP contribution in [-0.2, 0) is 0 Å². The van der Waals surface area contributed by atoms with Crippen molar-refractivity contribution in [3.63, 3.8) is 0 Å². The fourth-order valence-electron chi connectivity index (χ4n) is 3.06. The first-order valence-electron chi connectivity index (χ1n) is 7.56. The van der Waals surface area contributed by atoms with E-state index >= 15 is 0 Å². The Kier molecular flexibility index (Phi) is 3.78. The van der Waals surface area contributed by atoms with Crippen molar-refractivity contribution in [3.05, 3.63) is 46.2 Å². The Morgan fingerprint density at radius 3 is 2.67 bits per heavy atom. The molecule has 0 bridgehead atoms. The maximum absolute atomic E-state index is 12.5. The maximum atomic E-state index is 12.5. The van der Waals surface area contributed by atoms with E-state index in [4.69, 9.17) is 0 Å². The van der Waals surface area contributed by atoms with Crippen LogP contribution >= 0.6 is 0 Å². The summed E-state index contributed by atoms with van der Waals surface area (Å²) in [7, 11) is 0. The molecule has 4 heteroatoms. The average Bonchev–Trinajstić information content (AvgIpc) is 2.48. The molecule has 1 amide bonds. The molecule has 1 fully saturated rings. The van der Waals surface area contributed by atoms with Gasteiger partial charge in [-0.2, -0.15) is 0 Å².